The van der Waals surface area contributed by atoms with Gasteiger partial charge in [-0.1, -0.05) is 15.9 Å². The van der Waals surface area contributed by atoms with Crippen LogP contribution in [0.15, 0.2) is 22.7 Å². The van der Waals surface area contributed by atoms with Gasteiger partial charge in [0.05, 0.1) is 5.69 Å². The molecule has 1 aliphatic rings. The van der Waals surface area contributed by atoms with Crippen molar-refractivity contribution < 1.29 is 5.11 Å². The average Bonchev–Trinajstić information content (AvgIpc) is 2.23. The zero-order valence-corrected chi connectivity index (χ0v) is 10.4. The van der Waals surface area contributed by atoms with Gasteiger partial charge in [0, 0.05) is 30.7 Å². The van der Waals surface area contributed by atoms with E-state index in [0.29, 0.717) is 5.75 Å². The lowest BCUT2D eigenvalue weighted by molar-refractivity contribution is 0.311. The molecule has 15 heavy (non-hydrogen) atoms. The second-order valence-corrected chi connectivity index (χ2v) is 4.84. The van der Waals surface area contributed by atoms with Crippen LogP contribution in [0.5, 0.6) is 5.75 Å². The van der Waals surface area contributed by atoms with E-state index in [0.717, 1.165) is 36.3 Å². The minimum atomic E-state index is 0.364. The Kier molecular flexibility index (Phi) is 3.17. The van der Waals surface area contributed by atoms with Gasteiger partial charge in [-0.2, -0.15) is 0 Å². The highest BCUT2D eigenvalue weighted by atomic mass is 79.9. The molecule has 0 aliphatic carbocycles. The van der Waals surface area contributed by atoms with Crippen molar-refractivity contribution in [3.8, 4) is 5.75 Å². The molecule has 4 heteroatoms. The molecule has 0 aromatic heterocycles. The van der Waals surface area contributed by atoms with E-state index in [2.05, 4.69) is 32.8 Å². The van der Waals surface area contributed by atoms with Crippen LogP contribution < -0.4 is 4.90 Å². The summed E-state index contributed by atoms with van der Waals surface area (Å²) in [5.41, 5.74) is 0.928. The molecule has 0 atom stereocenters. The molecule has 3 nitrogen and oxygen atoms in total. The molecule has 1 N–H and O–H groups in total. The van der Waals surface area contributed by atoms with Gasteiger partial charge in [0.1, 0.15) is 5.75 Å². The van der Waals surface area contributed by atoms with Crippen molar-refractivity contribution in [3.05, 3.63) is 22.7 Å². The first-order valence-corrected chi connectivity index (χ1v) is 5.88. The molecule has 1 fully saturated rings. The zero-order valence-electron chi connectivity index (χ0n) is 8.78. The van der Waals surface area contributed by atoms with E-state index < -0.39 is 0 Å². The Labute approximate surface area is 98.4 Å². The maximum absolute atomic E-state index is 9.78. The number of phenolic OH excluding ortho intramolecular Hbond substituents is 1. The van der Waals surface area contributed by atoms with Gasteiger partial charge in [-0.05, 0) is 25.2 Å². The van der Waals surface area contributed by atoms with Crippen LogP contribution >= 0.6 is 15.9 Å². The molecular formula is C11H15BrN2O. The molecular weight excluding hydrogens is 256 g/mol. The smallest absolute Gasteiger partial charge is 0.138 e. The molecule has 1 saturated heterocycles. The van der Waals surface area contributed by atoms with Gasteiger partial charge in [0.2, 0.25) is 0 Å². The summed E-state index contributed by atoms with van der Waals surface area (Å²) in [6, 6.07) is 5.56. The normalized spacial score (nSPS) is 18.1. The molecule has 0 bridgehead atoms. The van der Waals surface area contributed by atoms with E-state index in [4.69, 9.17) is 0 Å². The molecule has 1 aromatic rings. The van der Waals surface area contributed by atoms with Crippen LogP contribution in [0.25, 0.3) is 0 Å². The summed E-state index contributed by atoms with van der Waals surface area (Å²) in [7, 11) is 2.12. The molecule has 2 rings (SSSR count). The molecule has 0 unspecified atom stereocenters. The number of aromatic hydroxyl groups is 1. The van der Waals surface area contributed by atoms with Crippen LogP contribution in [0.3, 0.4) is 0 Å². The second kappa shape index (κ2) is 4.41. The van der Waals surface area contributed by atoms with Gasteiger partial charge >= 0.3 is 0 Å². The quantitative estimate of drug-likeness (QED) is 0.845. The molecule has 0 radical (unpaired) electrons. The Hall–Kier alpha value is -0.740. The van der Waals surface area contributed by atoms with E-state index >= 15 is 0 Å². The number of rotatable bonds is 1. The summed E-state index contributed by atoms with van der Waals surface area (Å²) in [5, 5.41) is 9.78. The SMILES string of the molecule is CN1CCN(c2cc(Br)ccc2O)CC1. The Morgan fingerprint density at radius 3 is 2.53 bits per heavy atom. The molecule has 0 amide bonds. The first kappa shape index (κ1) is 10.8. The number of hydrogen-bond donors (Lipinski definition) is 1. The minimum Gasteiger partial charge on any atom is -0.506 e. The monoisotopic (exact) mass is 270 g/mol. The standard InChI is InChI=1S/C11H15BrN2O/c1-13-4-6-14(7-5-13)10-8-9(12)2-3-11(10)15/h2-3,8,15H,4-7H2,1H3. The topological polar surface area (TPSA) is 26.7 Å². The van der Waals surface area contributed by atoms with Gasteiger partial charge in [0.15, 0.2) is 0 Å². The number of phenols is 1. The fourth-order valence-corrected chi connectivity index (χ4v) is 2.15. The first-order chi connectivity index (χ1) is 7.16. The van der Waals surface area contributed by atoms with Crippen molar-refractivity contribution in [2.75, 3.05) is 38.1 Å². The lowest BCUT2D eigenvalue weighted by Gasteiger charge is -2.34. The predicted molar refractivity (Wildman–Crippen MR) is 65.5 cm³/mol. The first-order valence-electron chi connectivity index (χ1n) is 5.09. The average molecular weight is 271 g/mol. The van der Waals surface area contributed by atoms with Crippen molar-refractivity contribution in [2.45, 2.75) is 0 Å². The number of halogens is 1. The fraction of sp³-hybridized carbons (Fsp3) is 0.455. The molecule has 1 heterocycles. The summed E-state index contributed by atoms with van der Waals surface area (Å²) in [4.78, 5) is 4.52. The van der Waals surface area contributed by atoms with Gasteiger partial charge in [-0.25, -0.2) is 0 Å². The van der Waals surface area contributed by atoms with E-state index in [9.17, 15) is 5.11 Å². The van der Waals surface area contributed by atoms with E-state index in [1.54, 1.807) is 6.07 Å². The van der Waals surface area contributed by atoms with E-state index in [-0.39, 0.29) is 0 Å². The Morgan fingerprint density at radius 1 is 1.20 bits per heavy atom. The molecule has 0 saturated carbocycles. The number of likely N-dealkylation sites (N-methyl/N-ethyl adjacent to an activating group) is 1. The van der Waals surface area contributed by atoms with Gasteiger partial charge in [0.25, 0.3) is 0 Å². The maximum Gasteiger partial charge on any atom is 0.138 e. The molecule has 1 aromatic carbocycles. The van der Waals surface area contributed by atoms with Gasteiger partial charge in [-0.15, -0.1) is 0 Å². The summed E-state index contributed by atoms with van der Waals surface area (Å²) >= 11 is 3.43. The zero-order chi connectivity index (χ0) is 10.8. The third-order valence-corrected chi connectivity index (χ3v) is 3.27. The molecule has 1 aliphatic heterocycles. The van der Waals surface area contributed by atoms with Crippen LogP contribution in [0.2, 0.25) is 0 Å². The van der Waals surface area contributed by atoms with Crippen molar-refractivity contribution in [2.24, 2.45) is 0 Å². The minimum absolute atomic E-state index is 0.364. The van der Waals surface area contributed by atoms with Crippen LogP contribution in [-0.4, -0.2) is 43.2 Å². The number of piperazine rings is 1. The molecule has 82 valence electrons. The number of hydrogen-bond acceptors (Lipinski definition) is 3. The van der Waals surface area contributed by atoms with Gasteiger partial charge < -0.3 is 14.9 Å². The highest BCUT2D eigenvalue weighted by Gasteiger charge is 2.16. The van der Waals surface area contributed by atoms with Crippen molar-refractivity contribution in [1.82, 2.24) is 4.90 Å². The van der Waals surface area contributed by atoms with Crippen LogP contribution in [0.4, 0.5) is 5.69 Å². The number of benzene rings is 1. The van der Waals surface area contributed by atoms with Crippen LogP contribution in [-0.2, 0) is 0 Å². The Bertz CT molecular complexity index is 348. The predicted octanol–water partition coefficient (Wildman–Crippen LogP) is 1.91. The van der Waals surface area contributed by atoms with E-state index in [1.165, 1.54) is 0 Å². The summed E-state index contributed by atoms with van der Waals surface area (Å²) in [6.45, 7) is 4.04. The molecule has 0 spiro atoms. The third-order valence-electron chi connectivity index (χ3n) is 2.78. The highest BCUT2D eigenvalue weighted by Crippen LogP contribution is 2.30. The lowest BCUT2D eigenvalue weighted by atomic mass is 10.2. The summed E-state index contributed by atoms with van der Waals surface area (Å²) < 4.78 is 1.01. The van der Waals surface area contributed by atoms with E-state index in [1.807, 2.05) is 12.1 Å². The van der Waals surface area contributed by atoms with Crippen LogP contribution in [0, 0.1) is 0 Å². The summed E-state index contributed by atoms with van der Waals surface area (Å²) in [5.74, 6) is 0.364. The lowest BCUT2D eigenvalue weighted by Crippen LogP contribution is -2.44. The maximum atomic E-state index is 9.78. The highest BCUT2D eigenvalue weighted by molar-refractivity contribution is 9.10. The largest absolute Gasteiger partial charge is 0.506 e. The van der Waals surface area contributed by atoms with Crippen molar-refractivity contribution in [1.29, 1.82) is 0 Å². The van der Waals surface area contributed by atoms with Crippen molar-refractivity contribution >= 4 is 21.6 Å². The Morgan fingerprint density at radius 2 is 1.87 bits per heavy atom. The van der Waals surface area contributed by atoms with Gasteiger partial charge in [-0.3, -0.25) is 0 Å². The fourth-order valence-electron chi connectivity index (χ4n) is 1.80. The third kappa shape index (κ3) is 2.44. The Balaban J connectivity index is 2.18. The number of anilines is 1. The van der Waals surface area contributed by atoms with Crippen molar-refractivity contribution in [3.63, 3.8) is 0 Å². The summed E-state index contributed by atoms with van der Waals surface area (Å²) in [6.07, 6.45) is 0. The second-order valence-electron chi connectivity index (χ2n) is 3.92. The number of nitrogens with zero attached hydrogens (tertiary/aromatic N) is 2. The van der Waals surface area contributed by atoms with Crippen LogP contribution in [0.1, 0.15) is 0 Å².